The summed E-state index contributed by atoms with van der Waals surface area (Å²) >= 11 is 0. The second-order valence-electron chi connectivity index (χ2n) is 5.67. The highest BCUT2D eigenvalue weighted by Crippen LogP contribution is 2.21. The molecule has 1 amide bonds. The summed E-state index contributed by atoms with van der Waals surface area (Å²) in [6, 6.07) is 10.8. The molecule has 1 N–H and O–H groups in total. The van der Waals surface area contributed by atoms with E-state index in [1.165, 1.54) is 5.69 Å². The van der Waals surface area contributed by atoms with Gasteiger partial charge in [-0.05, 0) is 31.4 Å². The third kappa shape index (κ3) is 3.12. The van der Waals surface area contributed by atoms with E-state index in [0.29, 0.717) is 18.6 Å². The number of piperidine rings is 1. The van der Waals surface area contributed by atoms with Gasteiger partial charge in [-0.1, -0.05) is 18.2 Å². The smallest absolute Gasteiger partial charge is 0.228 e. The summed E-state index contributed by atoms with van der Waals surface area (Å²) in [6.07, 6.45) is 2.93. The zero-order chi connectivity index (χ0) is 13.8. The van der Waals surface area contributed by atoms with E-state index >= 15 is 0 Å². The Bertz CT molecular complexity index is 435. The number of nitrogens with zero attached hydrogens (tertiary/aromatic N) is 1. The van der Waals surface area contributed by atoms with Crippen LogP contribution in [0.15, 0.2) is 30.3 Å². The monoisotopic (exact) mass is 274 g/mol. The van der Waals surface area contributed by atoms with Gasteiger partial charge in [0.05, 0.1) is 12.5 Å². The predicted molar refractivity (Wildman–Crippen MR) is 78.6 cm³/mol. The molecule has 1 unspecified atom stereocenters. The van der Waals surface area contributed by atoms with Crippen molar-refractivity contribution < 1.29 is 9.53 Å². The predicted octanol–water partition coefficient (Wildman–Crippen LogP) is 2.13. The molecule has 0 aromatic heterocycles. The van der Waals surface area contributed by atoms with E-state index in [9.17, 15) is 4.79 Å². The molecule has 108 valence electrons. The number of hydrogen-bond acceptors (Lipinski definition) is 3. The highest BCUT2D eigenvalue weighted by atomic mass is 16.5. The Morgan fingerprint density at radius 2 is 1.90 bits per heavy atom. The third-order valence-corrected chi connectivity index (χ3v) is 4.23. The standard InChI is InChI=1S/C16H22N2O2/c19-16(13-8-11-20-12-13)18-9-6-15(7-10-18)17-14-4-2-1-3-5-14/h1-5,13,15,17H,6-12H2. The first-order valence-corrected chi connectivity index (χ1v) is 7.51. The first-order chi connectivity index (χ1) is 9.83. The number of carbonyl (C=O) groups excluding carboxylic acids is 1. The van der Waals surface area contributed by atoms with Crippen LogP contribution in [0.1, 0.15) is 19.3 Å². The molecular formula is C16H22N2O2. The number of carbonyl (C=O) groups is 1. The quantitative estimate of drug-likeness (QED) is 0.918. The zero-order valence-electron chi connectivity index (χ0n) is 11.8. The molecule has 2 aliphatic rings. The summed E-state index contributed by atoms with van der Waals surface area (Å²) in [5.74, 6) is 0.397. The van der Waals surface area contributed by atoms with Crippen molar-refractivity contribution in [1.29, 1.82) is 0 Å². The average molecular weight is 274 g/mol. The van der Waals surface area contributed by atoms with Crippen LogP contribution in [0.3, 0.4) is 0 Å². The number of anilines is 1. The van der Waals surface area contributed by atoms with Gasteiger partial charge in [0.25, 0.3) is 0 Å². The second kappa shape index (κ2) is 6.27. The molecule has 2 fully saturated rings. The lowest BCUT2D eigenvalue weighted by molar-refractivity contribution is -0.136. The van der Waals surface area contributed by atoms with Gasteiger partial charge in [0.1, 0.15) is 0 Å². The first kappa shape index (κ1) is 13.4. The maximum absolute atomic E-state index is 12.3. The fourth-order valence-corrected chi connectivity index (χ4v) is 3.00. The molecule has 1 aromatic rings. The van der Waals surface area contributed by atoms with Crippen LogP contribution in [-0.2, 0) is 9.53 Å². The SMILES string of the molecule is O=C(C1CCOC1)N1CCC(Nc2ccccc2)CC1. The molecule has 2 aliphatic heterocycles. The molecule has 20 heavy (non-hydrogen) atoms. The van der Waals surface area contributed by atoms with Gasteiger partial charge < -0.3 is 15.0 Å². The van der Waals surface area contributed by atoms with Crippen LogP contribution in [0.5, 0.6) is 0 Å². The molecule has 0 bridgehead atoms. The molecule has 0 radical (unpaired) electrons. The number of rotatable bonds is 3. The molecule has 4 nitrogen and oxygen atoms in total. The molecule has 4 heteroatoms. The Labute approximate surface area is 120 Å². The summed E-state index contributed by atoms with van der Waals surface area (Å²) < 4.78 is 5.31. The van der Waals surface area contributed by atoms with Gasteiger partial charge >= 0.3 is 0 Å². The maximum atomic E-state index is 12.3. The van der Waals surface area contributed by atoms with Crippen LogP contribution in [0.2, 0.25) is 0 Å². The Morgan fingerprint density at radius 3 is 2.55 bits per heavy atom. The van der Waals surface area contributed by atoms with E-state index in [1.807, 2.05) is 23.1 Å². The lowest BCUT2D eigenvalue weighted by Gasteiger charge is -2.34. The topological polar surface area (TPSA) is 41.6 Å². The molecule has 3 rings (SSSR count). The Morgan fingerprint density at radius 1 is 1.15 bits per heavy atom. The van der Waals surface area contributed by atoms with Crippen molar-refractivity contribution in [2.45, 2.75) is 25.3 Å². The van der Waals surface area contributed by atoms with E-state index in [4.69, 9.17) is 4.74 Å². The Balaban J connectivity index is 1.48. The van der Waals surface area contributed by atoms with E-state index in [1.54, 1.807) is 0 Å². The number of amides is 1. The first-order valence-electron chi connectivity index (χ1n) is 7.51. The van der Waals surface area contributed by atoms with Crippen LogP contribution in [0.4, 0.5) is 5.69 Å². The van der Waals surface area contributed by atoms with Crippen molar-refractivity contribution >= 4 is 11.6 Å². The average Bonchev–Trinajstić information content (AvgIpc) is 3.03. The van der Waals surface area contributed by atoms with Crippen LogP contribution in [0, 0.1) is 5.92 Å². The van der Waals surface area contributed by atoms with Crippen molar-refractivity contribution in [1.82, 2.24) is 4.90 Å². The molecule has 1 aromatic carbocycles. The lowest BCUT2D eigenvalue weighted by Crippen LogP contribution is -2.45. The molecule has 1 atom stereocenters. The lowest BCUT2D eigenvalue weighted by atomic mass is 10.0. The number of ether oxygens (including phenoxy) is 1. The minimum absolute atomic E-state index is 0.105. The molecule has 2 saturated heterocycles. The van der Waals surface area contributed by atoms with Crippen molar-refractivity contribution in [3.05, 3.63) is 30.3 Å². The summed E-state index contributed by atoms with van der Waals surface area (Å²) in [5, 5.41) is 3.55. The van der Waals surface area contributed by atoms with Crippen molar-refractivity contribution in [3.63, 3.8) is 0 Å². The van der Waals surface area contributed by atoms with Gasteiger partial charge in [0, 0.05) is 31.4 Å². The highest BCUT2D eigenvalue weighted by Gasteiger charge is 2.30. The van der Waals surface area contributed by atoms with Crippen molar-refractivity contribution in [3.8, 4) is 0 Å². The van der Waals surface area contributed by atoms with E-state index < -0.39 is 0 Å². The minimum Gasteiger partial charge on any atom is -0.382 e. The molecular weight excluding hydrogens is 252 g/mol. The number of nitrogens with one attached hydrogen (secondary N) is 1. The van der Waals surface area contributed by atoms with Gasteiger partial charge in [0.15, 0.2) is 0 Å². The zero-order valence-corrected chi connectivity index (χ0v) is 11.8. The number of hydrogen-bond donors (Lipinski definition) is 1. The van der Waals surface area contributed by atoms with Crippen molar-refractivity contribution in [2.75, 3.05) is 31.6 Å². The summed E-state index contributed by atoms with van der Waals surface area (Å²) in [6.45, 7) is 3.07. The number of benzene rings is 1. The highest BCUT2D eigenvalue weighted by molar-refractivity contribution is 5.79. The molecule has 0 saturated carbocycles. The Hall–Kier alpha value is -1.55. The van der Waals surface area contributed by atoms with Crippen LogP contribution < -0.4 is 5.32 Å². The van der Waals surface area contributed by atoms with E-state index in [-0.39, 0.29) is 5.92 Å². The number of para-hydroxylation sites is 1. The fraction of sp³-hybridized carbons (Fsp3) is 0.562. The van der Waals surface area contributed by atoms with Gasteiger partial charge in [-0.25, -0.2) is 0 Å². The summed E-state index contributed by atoms with van der Waals surface area (Å²) in [5.41, 5.74) is 1.17. The summed E-state index contributed by atoms with van der Waals surface area (Å²) in [7, 11) is 0. The molecule has 0 aliphatic carbocycles. The van der Waals surface area contributed by atoms with Gasteiger partial charge in [0.2, 0.25) is 5.91 Å². The minimum atomic E-state index is 0.105. The van der Waals surface area contributed by atoms with Gasteiger partial charge in [-0.3, -0.25) is 4.79 Å². The van der Waals surface area contributed by atoms with Crippen molar-refractivity contribution in [2.24, 2.45) is 5.92 Å². The van der Waals surface area contributed by atoms with Crippen LogP contribution in [-0.4, -0.2) is 43.2 Å². The summed E-state index contributed by atoms with van der Waals surface area (Å²) in [4.78, 5) is 14.3. The second-order valence-corrected chi connectivity index (χ2v) is 5.67. The normalized spacial score (nSPS) is 23.8. The van der Waals surface area contributed by atoms with E-state index in [0.717, 1.165) is 39.0 Å². The van der Waals surface area contributed by atoms with E-state index in [2.05, 4.69) is 17.4 Å². The largest absolute Gasteiger partial charge is 0.382 e. The molecule has 0 spiro atoms. The third-order valence-electron chi connectivity index (χ3n) is 4.23. The maximum Gasteiger partial charge on any atom is 0.228 e. The van der Waals surface area contributed by atoms with Crippen LogP contribution >= 0.6 is 0 Å². The van der Waals surface area contributed by atoms with Crippen LogP contribution in [0.25, 0.3) is 0 Å². The fourth-order valence-electron chi connectivity index (χ4n) is 3.00. The van der Waals surface area contributed by atoms with Gasteiger partial charge in [-0.2, -0.15) is 0 Å². The molecule has 2 heterocycles. The number of likely N-dealkylation sites (tertiary alicyclic amines) is 1. The van der Waals surface area contributed by atoms with Gasteiger partial charge in [-0.15, -0.1) is 0 Å². The Kier molecular flexibility index (Phi) is 4.21.